The van der Waals surface area contributed by atoms with E-state index in [0.717, 1.165) is 11.3 Å². The van der Waals surface area contributed by atoms with Gasteiger partial charge in [0.2, 0.25) is 0 Å². The Kier molecular flexibility index (Phi) is 4.73. The van der Waals surface area contributed by atoms with Crippen molar-refractivity contribution in [2.45, 2.75) is 25.9 Å². The molecule has 0 fully saturated rings. The third-order valence-corrected chi connectivity index (χ3v) is 2.14. The van der Waals surface area contributed by atoms with Gasteiger partial charge in [-0.05, 0) is 19.4 Å². The largest absolute Gasteiger partial charge is 0.493 e. The maximum Gasteiger partial charge on any atom is 0.125 e. The molecule has 0 amide bonds. The number of hydrogen-bond donors (Lipinski definition) is 1. The number of benzene rings is 1. The minimum Gasteiger partial charge on any atom is -0.493 e. The highest BCUT2D eigenvalue weighted by Gasteiger charge is 2.11. The van der Waals surface area contributed by atoms with Crippen LogP contribution in [0.3, 0.4) is 0 Å². The monoisotopic (exact) mass is 204 g/mol. The number of aliphatic hydroxyl groups is 1. The van der Waals surface area contributed by atoms with Gasteiger partial charge >= 0.3 is 0 Å². The molecule has 15 heavy (non-hydrogen) atoms. The van der Waals surface area contributed by atoms with Gasteiger partial charge in [-0.25, -0.2) is 0 Å². The first-order valence-electron chi connectivity index (χ1n) is 5.12. The lowest BCUT2D eigenvalue weighted by molar-refractivity contribution is 0.163. The van der Waals surface area contributed by atoms with Crippen LogP contribution in [0.1, 0.15) is 31.4 Å². The maximum atomic E-state index is 9.88. The molecule has 1 N–H and O–H groups in total. The molecule has 0 aliphatic rings. The number of para-hydroxylation sites is 1. The van der Waals surface area contributed by atoms with E-state index in [1.807, 2.05) is 31.2 Å². The van der Waals surface area contributed by atoms with E-state index < -0.39 is 6.10 Å². The molecule has 1 atom stereocenters. The van der Waals surface area contributed by atoms with Gasteiger partial charge in [0.05, 0.1) is 12.7 Å². The molecule has 0 spiro atoms. The lowest BCUT2D eigenvalue weighted by atomic mass is 10.0. The summed E-state index contributed by atoms with van der Waals surface area (Å²) in [7, 11) is 0. The number of rotatable bonds is 5. The molecule has 0 saturated heterocycles. The second kappa shape index (κ2) is 6.10. The first-order valence-corrected chi connectivity index (χ1v) is 5.12. The Hall–Kier alpha value is -1.46. The van der Waals surface area contributed by atoms with Crippen molar-refractivity contribution in [3.05, 3.63) is 29.8 Å². The molecule has 0 bridgehead atoms. The fourth-order valence-corrected chi connectivity index (χ4v) is 1.42. The van der Waals surface area contributed by atoms with Crippen molar-refractivity contribution >= 4 is 0 Å². The zero-order valence-electron chi connectivity index (χ0n) is 8.94. The van der Waals surface area contributed by atoms with Gasteiger partial charge < -0.3 is 9.84 Å². The van der Waals surface area contributed by atoms with Crippen molar-refractivity contribution in [2.75, 3.05) is 6.61 Å². The van der Waals surface area contributed by atoms with Gasteiger partial charge in [-0.2, -0.15) is 0 Å². The SMILES string of the molecule is C#CCCC(O)c1ccccc1OCC. The maximum absolute atomic E-state index is 9.88. The first kappa shape index (κ1) is 11.6. The highest BCUT2D eigenvalue weighted by Crippen LogP contribution is 2.27. The predicted molar refractivity (Wildman–Crippen MR) is 60.6 cm³/mol. The summed E-state index contributed by atoms with van der Waals surface area (Å²) in [6.45, 7) is 2.52. The number of aliphatic hydroxyl groups excluding tert-OH is 1. The number of hydrogen-bond acceptors (Lipinski definition) is 2. The lowest BCUT2D eigenvalue weighted by Gasteiger charge is -2.14. The van der Waals surface area contributed by atoms with Crippen molar-refractivity contribution in [3.8, 4) is 18.1 Å². The molecule has 1 unspecified atom stereocenters. The van der Waals surface area contributed by atoms with Crippen molar-refractivity contribution in [1.82, 2.24) is 0 Å². The van der Waals surface area contributed by atoms with Crippen LogP contribution < -0.4 is 4.74 Å². The summed E-state index contributed by atoms with van der Waals surface area (Å²) < 4.78 is 5.43. The van der Waals surface area contributed by atoms with Gasteiger partial charge in [0, 0.05) is 12.0 Å². The Labute approximate surface area is 90.9 Å². The van der Waals surface area contributed by atoms with Crippen LogP contribution in [-0.4, -0.2) is 11.7 Å². The minimum atomic E-state index is -0.538. The van der Waals surface area contributed by atoms with E-state index in [-0.39, 0.29) is 0 Å². The molecule has 2 heteroatoms. The smallest absolute Gasteiger partial charge is 0.125 e. The number of ether oxygens (including phenoxy) is 1. The highest BCUT2D eigenvalue weighted by atomic mass is 16.5. The van der Waals surface area contributed by atoms with Crippen molar-refractivity contribution < 1.29 is 9.84 Å². The van der Waals surface area contributed by atoms with Gasteiger partial charge in [-0.3, -0.25) is 0 Å². The number of terminal acetylenes is 1. The summed E-state index contributed by atoms with van der Waals surface area (Å²) in [6.07, 6.45) is 5.76. The van der Waals surface area contributed by atoms with Crippen molar-refractivity contribution in [2.24, 2.45) is 0 Å². The second-order valence-corrected chi connectivity index (χ2v) is 3.23. The molecular weight excluding hydrogens is 188 g/mol. The average molecular weight is 204 g/mol. The van der Waals surface area contributed by atoms with Crippen LogP contribution in [0, 0.1) is 12.3 Å². The molecule has 0 aromatic heterocycles. The molecular formula is C13H16O2. The quantitative estimate of drug-likeness (QED) is 0.747. The average Bonchev–Trinajstić information content (AvgIpc) is 2.27. The fourth-order valence-electron chi connectivity index (χ4n) is 1.42. The Balaban J connectivity index is 2.78. The molecule has 0 aliphatic carbocycles. The van der Waals surface area contributed by atoms with Crippen LogP contribution in [0.5, 0.6) is 5.75 Å². The third kappa shape index (κ3) is 3.30. The molecule has 1 rings (SSSR count). The van der Waals surface area contributed by atoms with Gasteiger partial charge in [0.25, 0.3) is 0 Å². The third-order valence-electron chi connectivity index (χ3n) is 2.14. The van der Waals surface area contributed by atoms with E-state index in [0.29, 0.717) is 19.4 Å². The molecule has 2 nitrogen and oxygen atoms in total. The summed E-state index contributed by atoms with van der Waals surface area (Å²) in [5, 5.41) is 9.88. The van der Waals surface area contributed by atoms with Crippen LogP contribution in [0.15, 0.2) is 24.3 Å². The molecule has 1 aromatic rings. The van der Waals surface area contributed by atoms with Crippen LogP contribution in [0.2, 0.25) is 0 Å². The summed E-state index contributed by atoms with van der Waals surface area (Å²) in [5.74, 6) is 3.26. The van der Waals surface area contributed by atoms with Crippen LogP contribution in [0.25, 0.3) is 0 Å². The topological polar surface area (TPSA) is 29.5 Å². The van der Waals surface area contributed by atoms with Gasteiger partial charge in [-0.15, -0.1) is 12.3 Å². The normalized spacial score (nSPS) is 11.8. The van der Waals surface area contributed by atoms with E-state index in [1.165, 1.54) is 0 Å². The Morgan fingerprint density at radius 2 is 2.20 bits per heavy atom. The fraction of sp³-hybridized carbons (Fsp3) is 0.385. The summed E-state index contributed by atoms with van der Waals surface area (Å²) in [4.78, 5) is 0. The Morgan fingerprint density at radius 3 is 2.87 bits per heavy atom. The van der Waals surface area contributed by atoms with Crippen LogP contribution >= 0.6 is 0 Å². The molecule has 0 saturated carbocycles. The lowest BCUT2D eigenvalue weighted by Crippen LogP contribution is -2.02. The first-order chi connectivity index (χ1) is 7.29. The van der Waals surface area contributed by atoms with E-state index in [2.05, 4.69) is 5.92 Å². The molecule has 0 heterocycles. The van der Waals surface area contributed by atoms with E-state index in [4.69, 9.17) is 11.2 Å². The summed E-state index contributed by atoms with van der Waals surface area (Å²) in [5.41, 5.74) is 0.814. The minimum absolute atomic E-state index is 0.538. The predicted octanol–water partition coefficient (Wildman–Crippen LogP) is 2.53. The summed E-state index contributed by atoms with van der Waals surface area (Å²) in [6, 6.07) is 7.50. The zero-order valence-corrected chi connectivity index (χ0v) is 8.94. The van der Waals surface area contributed by atoms with E-state index in [9.17, 15) is 5.11 Å². The van der Waals surface area contributed by atoms with Crippen LogP contribution in [-0.2, 0) is 0 Å². The van der Waals surface area contributed by atoms with E-state index >= 15 is 0 Å². The Morgan fingerprint density at radius 1 is 1.47 bits per heavy atom. The van der Waals surface area contributed by atoms with Gasteiger partial charge in [-0.1, -0.05) is 18.2 Å². The molecule has 80 valence electrons. The Bertz CT molecular complexity index is 339. The van der Waals surface area contributed by atoms with Crippen molar-refractivity contribution in [1.29, 1.82) is 0 Å². The summed E-state index contributed by atoms with van der Waals surface area (Å²) >= 11 is 0. The second-order valence-electron chi connectivity index (χ2n) is 3.23. The van der Waals surface area contributed by atoms with Crippen LogP contribution in [0.4, 0.5) is 0 Å². The molecule has 0 aliphatic heterocycles. The van der Waals surface area contributed by atoms with Crippen molar-refractivity contribution in [3.63, 3.8) is 0 Å². The molecule has 1 aromatic carbocycles. The standard InChI is InChI=1S/C13H16O2/c1-3-5-9-12(14)11-8-6-7-10-13(11)15-4-2/h1,6-8,10,12,14H,4-5,9H2,2H3. The van der Waals surface area contributed by atoms with E-state index in [1.54, 1.807) is 0 Å². The zero-order chi connectivity index (χ0) is 11.1. The highest BCUT2D eigenvalue weighted by molar-refractivity contribution is 5.35. The van der Waals surface area contributed by atoms with Gasteiger partial charge in [0.15, 0.2) is 0 Å². The van der Waals surface area contributed by atoms with Gasteiger partial charge in [0.1, 0.15) is 5.75 Å². The molecule has 0 radical (unpaired) electrons.